The summed E-state index contributed by atoms with van der Waals surface area (Å²) >= 11 is 6.92. The van der Waals surface area contributed by atoms with Gasteiger partial charge < -0.3 is 11.1 Å². The fourth-order valence-corrected chi connectivity index (χ4v) is 2.18. The Bertz CT molecular complexity index is 572. The molecule has 94 valence electrons. The monoisotopic (exact) mass is 370 g/mol. The van der Waals surface area contributed by atoms with Crippen molar-refractivity contribution in [2.75, 3.05) is 11.1 Å². The number of hydrogen-bond acceptors (Lipinski definition) is 4. The molecule has 0 saturated heterocycles. The molecule has 0 aliphatic heterocycles. The van der Waals surface area contributed by atoms with Crippen molar-refractivity contribution in [1.82, 2.24) is 9.97 Å². The molecule has 0 unspecified atom stereocenters. The van der Waals surface area contributed by atoms with Gasteiger partial charge in [-0.1, -0.05) is 22.9 Å². The molecule has 1 heterocycles. The van der Waals surface area contributed by atoms with E-state index in [1.54, 1.807) is 6.07 Å². The summed E-state index contributed by atoms with van der Waals surface area (Å²) in [7, 11) is 0. The summed E-state index contributed by atoms with van der Waals surface area (Å²) in [5, 5.41) is 3.22. The number of nitrogens with one attached hydrogen (secondary N) is 1. The minimum absolute atomic E-state index is 0.468. The third-order valence-corrected chi connectivity index (χ3v) is 3.48. The molecular weight excluding hydrogens is 360 g/mol. The fourth-order valence-electron chi connectivity index (χ4n) is 1.47. The van der Waals surface area contributed by atoms with Crippen LogP contribution in [0.4, 0.5) is 17.3 Å². The predicted octanol–water partition coefficient (Wildman–Crippen LogP) is 3.89. The maximum absolute atomic E-state index is 5.74. The van der Waals surface area contributed by atoms with Crippen molar-refractivity contribution < 1.29 is 0 Å². The molecule has 6 heteroatoms. The Morgan fingerprint density at radius 3 is 2.72 bits per heavy atom. The Kier molecular flexibility index (Phi) is 4.19. The van der Waals surface area contributed by atoms with Crippen molar-refractivity contribution in [2.45, 2.75) is 13.3 Å². The van der Waals surface area contributed by atoms with Crippen LogP contribution >= 0.6 is 31.9 Å². The standard InChI is InChI=1S/C12H12Br2N4/c1-2-11-17-10(15)6-12(18-11)16-9-5-7(13)3-4-8(9)14/h3-6H,2H2,1H3,(H3,15,16,17,18). The number of rotatable bonds is 3. The van der Waals surface area contributed by atoms with Crippen LogP contribution in [-0.2, 0) is 6.42 Å². The Morgan fingerprint density at radius 2 is 2.00 bits per heavy atom. The lowest BCUT2D eigenvalue weighted by molar-refractivity contribution is 0.948. The molecule has 1 aromatic heterocycles. The van der Waals surface area contributed by atoms with Gasteiger partial charge >= 0.3 is 0 Å². The molecule has 0 aliphatic rings. The second-order valence-corrected chi connectivity index (χ2v) is 5.47. The van der Waals surface area contributed by atoms with E-state index in [1.165, 1.54) is 0 Å². The van der Waals surface area contributed by atoms with E-state index in [4.69, 9.17) is 5.73 Å². The maximum Gasteiger partial charge on any atom is 0.136 e. The van der Waals surface area contributed by atoms with Crippen LogP contribution in [0, 0.1) is 0 Å². The summed E-state index contributed by atoms with van der Waals surface area (Å²) < 4.78 is 1.95. The molecule has 0 amide bonds. The highest BCUT2D eigenvalue weighted by atomic mass is 79.9. The van der Waals surface area contributed by atoms with E-state index in [2.05, 4.69) is 47.1 Å². The van der Waals surface area contributed by atoms with Crippen LogP contribution in [0.25, 0.3) is 0 Å². The third-order valence-electron chi connectivity index (χ3n) is 2.30. The van der Waals surface area contributed by atoms with E-state index in [-0.39, 0.29) is 0 Å². The van der Waals surface area contributed by atoms with E-state index in [9.17, 15) is 0 Å². The fraction of sp³-hybridized carbons (Fsp3) is 0.167. The number of aryl methyl sites for hydroxylation is 1. The summed E-state index contributed by atoms with van der Waals surface area (Å²) in [6.07, 6.45) is 0.749. The number of nitrogen functional groups attached to an aromatic ring is 1. The summed E-state index contributed by atoms with van der Waals surface area (Å²) in [5.74, 6) is 1.89. The summed E-state index contributed by atoms with van der Waals surface area (Å²) in [6, 6.07) is 7.60. The van der Waals surface area contributed by atoms with Gasteiger partial charge in [-0.25, -0.2) is 9.97 Å². The van der Waals surface area contributed by atoms with Crippen LogP contribution in [0.15, 0.2) is 33.2 Å². The number of anilines is 3. The van der Waals surface area contributed by atoms with Crippen LogP contribution in [0.5, 0.6) is 0 Å². The number of benzene rings is 1. The molecule has 0 radical (unpaired) electrons. The van der Waals surface area contributed by atoms with Gasteiger partial charge in [0.2, 0.25) is 0 Å². The molecule has 2 rings (SSSR count). The summed E-state index contributed by atoms with van der Waals surface area (Å²) in [6.45, 7) is 1.99. The molecule has 2 aromatic rings. The minimum Gasteiger partial charge on any atom is -0.384 e. The van der Waals surface area contributed by atoms with E-state index in [0.717, 1.165) is 26.9 Å². The van der Waals surface area contributed by atoms with Crippen molar-refractivity contribution in [1.29, 1.82) is 0 Å². The Hall–Kier alpha value is -1.14. The van der Waals surface area contributed by atoms with Crippen molar-refractivity contribution in [3.05, 3.63) is 39.0 Å². The van der Waals surface area contributed by atoms with Crippen LogP contribution in [0.2, 0.25) is 0 Å². The van der Waals surface area contributed by atoms with Crippen LogP contribution in [0.1, 0.15) is 12.7 Å². The topological polar surface area (TPSA) is 63.8 Å². The predicted molar refractivity (Wildman–Crippen MR) is 80.9 cm³/mol. The first kappa shape index (κ1) is 13.3. The molecule has 0 atom stereocenters. The lowest BCUT2D eigenvalue weighted by Crippen LogP contribution is -2.03. The molecule has 4 nitrogen and oxygen atoms in total. The highest BCUT2D eigenvalue weighted by Gasteiger charge is 2.05. The molecule has 18 heavy (non-hydrogen) atoms. The SMILES string of the molecule is CCc1nc(N)cc(Nc2cc(Br)ccc2Br)n1. The molecule has 0 aliphatic carbocycles. The van der Waals surface area contributed by atoms with Crippen molar-refractivity contribution >= 4 is 49.2 Å². The lowest BCUT2D eigenvalue weighted by Gasteiger charge is -2.09. The summed E-state index contributed by atoms with van der Waals surface area (Å²) in [5.41, 5.74) is 6.67. The van der Waals surface area contributed by atoms with Crippen LogP contribution < -0.4 is 11.1 Å². The third kappa shape index (κ3) is 3.20. The van der Waals surface area contributed by atoms with E-state index >= 15 is 0 Å². The van der Waals surface area contributed by atoms with Crippen molar-refractivity contribution in [3.8, 4) is 0 Å². The quantitative estimate of drug-likeness (QED) is 0.858. The summed E-state index contributed by atoms with van der Waals surface area (Å²) in [4.78, 5) is 8.52. The number of aromatic nitrogens is 2. The van der Waals surface area contributed by atoms with E-state index in [0.29, 0.717) is 11.6 Å². The number of nitrogens with zero attached hydrogens (tertiary/aromatic N) is 2. The Balaban J connectivity index is 2.33. The number of hydrogen-bond donors (Lipinski definition) is 2. The molecule has 0 bridgehead atoms. The largest absolute Gasteiger partial charge is 0.384 e. The van der Waals surface area contributed by atoms with Gasteiger partial charge in [0.1, 0.15) is 17.5 Å². The van der Waals surface area contributed by atoms with Gasteiger partial charge in [-0.05, 0) is 34.1 Å². The van der Waals surface area contributed by atoms with E-state index in [1.807, 2.05) is 25.1 Å². The average molecular weight is 372 g/mol. The van der Waals surface area contributed by atoms with Crippen molar-refractivity contribution in [3.63, 3.8) is 0 Å². The molecule has 1 aromatic carbocycles. The van der Waals surface area contributed by atoms with Gasteiger partial charge in [-0.3, -0.25) is 0 Å². The molecular formula is C12H12Br2N4. The van der Waals surface area contributed by atoms with Gasteiger partial charge in [0.25, 0.3) is 0 Å². The first-order valence-corrected chi connectivity index (χ1v) is 7.02. The number of nitrogens with two attached hydrogens (primary N) is 1. The lowest BCUT2D eigenvalue weighted by atomic mass is 10.3. The van der Waals surface area contributed by atoms with Gasteiger partial charge in [-0.15, -0.1) is 0 Å². The zero-order valence-corrected chi connectivity index (χ0v) is 12.9. The minimum atomic E-state index is 0.468. The second kappa shape index (κ2) is 5.67. The molecule has 0 saturated carbocycles. The Labute approximate surface area is 122 Å². The highest BCUT2D eigenvalue weighted by Crippen LogP contribution is 2.28. The van der Waals surface area contributed by atoms with E-state index < -0.39 is 0 Å². The number of halogens is 2. The van der Waals surface area contributed by atoms with Crippen molar-refractivity contribution in [2.24, 2.45) is 0 Å². The molecule has 0 fully saturated rings. The van der Waals surface area contributed by atoms with Crippen LogP contribution in [-0.4, -0.2) is 9.97 Å². The average Bonchev–Trinajstić information content (AvgIpc) is 2.33. The van der Waals surface area contributed by atoms with Gasteiger partial charge in [0.05, 0.1) is 5.69 Å². The normalized spacial score (nSPS) is 10.4. The zero-order chi connectivity index (χ0) is 13.1. The smallest absolute Gasteiger partial charge is 0.136 e. The van der Waals surface area contributed by atoms with Gasteiger partial charge in [0.15, 0.2) is 0 Å². The van der Waals surface area contributed by atoms with Crippen LogP contribution in [0.3, 0.4) is 0 Å². The highest BCUT2D eigenvalue weighted by molar-refractivity contribution is 9.11. The molecule has 0 spiro atoms. The first-order chi connectivity index (χ1) is 8.58. The van der Waals surface area contributed by atoms with Gasteiger partial charge in [0, 0.05) is 21.4 Å². The first-order valence-electron chi connectivity index (χ1n) is 5.44. The second-order valence-electron chi connectivity index (χ2n) is 3.70. The Morgan fingerprint density at radius 1 is 1.22 bits per heavy atom. The van der Waals surface area contributed by atoms with Gasteiger partial charge in [-0.2, -0.15) is 0 Å². The molecule has 3 N–H and O–H groups in total. The zero-order valence-electron chi connectivity index (χ0n) is 9.74. The maximum atomic E-state index is 5.74.